The summed E-state index contributed by atoms with van der Waals surface area (Å²) >= 11 is 1.81. The average Bonchev–Trinajstić information content (AvgIpc) is 3.02. The Balaban J connectivity index is 1.83. The molecule has 0 radical (unpaired) electrons. The van der Waals surface area contributed by atoms with Crippen LogP contribution in [0.4, 0.5) is 0 Å². The van der Waals surface area contributed by atoms with Gasteiger partial charge in [-0.3, -0.25) is 4.79 Å². The molecule has 3 rings (SSSR count). The molecule has 1 unspecified atom stereocenters. The summed E-state index contributed by atoms with van der Waals surface area (Å²) < 4.78 is 0. The van der Waals surface area contributed by atoms with Crippen molar-refractivity contribution >= 4 is 17.2 Å². The molecule has 1 aromatic heterocycles. The fourth-order valence-corrected chi connectivity index (χ4v) is 4.05. The van der Waals surface area contributed by atoms with Crippen LogP contribution in [0, 0.1) is 5.92 Å². The van der Waals surface area contributed by atoms with E-state index < -0.39 is 0 Å². The zero-order valence-corrected chi connectivity index (χ0v) is 14.6. The highest BCUT2D eigenvalue weighted by Gasteiger charge is 2.32. The summed E-state index contributed by atoms with van der Waals surface area (Å²) in [5, 5.41) is 5.43. The van der Waals surface area contributed by atoms with Crippen molar-refractivity contribution in [3.05, 3.63) is 57.8 Å². The molecular formula is C19H24N2OS. The molecule has 1 aliphatic rings. The highest BCUT2D eigenvalue weighted by atomic mass is 32.1. The van der Waals surface area contributed by atoms with E-state index in [1.54, 1.807) is 11.3 Å². The van der Waals surface area contributed by atoms with E-state index in [0.29, 0.717) is 12.5 Å². The fourth-order valence-electron chi connectivity index (χ4n) is 3.15. The van der Waals surface area contributed by atoms with E-state index in [9.17, 15) is 4.79 Å². The second kappa shape index (κ2) is 7.28. The maximum Gasteiger partial charge on any atom is 0.237 e. The van der Waals surface area contributed by atoms with Crippen molar-refractivity contribution in [2.75, 3.05) is 19.6 Å². The SMILES string of the molecule is CC(C)CNCC(=O)N1CCc2sccc2C1c1ccccc1. The number of carbonyl (C=O) groups excluding carboxylic acids is 1. The Bertz CT molecular complexity index is 650. The summed E-state index contributed by atoms with van der Waals surface area (Å²) in [4.78, 5) is 16.2. The summed E-state index contributed by atoms with van der Waals surface area (Å²) in [7, 11) is 0. The van der Waals surface area contributed by atoms with Crippen LogP contribution in [-0.2, 0) is 11.2 Å². The zero-order chi connectivity index (χ0) is 16.2. The first-order valence-electron chi connectivity index (χ1n) is 8.28. The van der Waals surface area contributed by atoms with Crippen LogP contribution in [0.15, 0.2) is 41.8 Å². The van der Waals surface area contributed by atoms with Gasteiger partial charge < -0.3 is 10.2 Å². The Morgan fingerprint density at radius 3 is 2.83 bits per heavy atom. The number of nitrogens with zero attached hydrogens (tertiary/aromatic N) is 1. The normalized spacial score (nSPS) is 17.3. The highest BCUT2D eigenvalue weighted by Crippen LogP contribution is 2.37. The van der Waals surface area contributed by atoms with Gasteiger partial charge in [0.1, 0.15) is 0 Å². The number of hydrogen-bond donors (Lipinski definition) is 1. The van der Waals surface area contributed by atoms with Gasteiger partial charge in [-0.15, -0.1) is 11.3 Å². The van der Waals surface area contributed by atoms with Gasteiger partial charge in [0.05, 0.1) is 12.6 Å². The van der Waals surface area contributed by atoms with Crippen LogP contribution < -0.4 is 5.32 Å². The van der Waals surface area contributed by atoms with Crippen LogP contribution in [0.3, 0.4) is 0 Å². The van der Waals surface area contributed by atoms with E-state index in [4.69, 9.17) is 0 Å². The molecular weight excluding hydrogens is 304 g/mol. The van der Waals surface area contributed by atoms with Gasteiger partial charge in [-0.25, -0.2) is 0 Å². The molecule has 122 valence electrons. The molecule has 2 aromatic rings. The topological polar surface area (TPSA) is 32.3 Å². The van der Waals surface area contributed by atoms with Gasteiger partial charge in [-0.2, -0.15) is 0 Å². The van der Waals surface area contributed by atoms with Crippen molar-refractivity contribution in [2.24, 2.45) is 5.92 Å². The second-order valence-corrected chi connectivity index (χ2v) is 7.47. The largest absolute Gasteiger partial charge is 0.330 e. The Morgan fingerprint density at radius 2 is 2.09 bits per heavy atom. The first-order valence-corrected chi connectivity index (χ1v) is 9.16. The lowest BCUT2D eigenvalue weighted by Crippen LogP contribution is -2.44. The average molecular weight is 328 g/mol. The predicted octanol–water partition coefficient (Wildman–Crippen LogP) is 3.47. The van der Waals surface area contributed by atoms with Crippen LogP contribution in [-0.4, -0.2) is 30.4 Å². The third-order valence-electron chi connectivity index (χ3n) is 4.23. The maximum atomic E-state index is 12.8. The first-order chi connectivity index (χ1) is 11.2. The monoisotopic (exact) mass is 328 g/mol. The molecule has 1 N–H and O–H groups in total. The lowest BCUT2D eigenvalue weighted by atomic mass is 9.93. The molecule has 0 saturated heterocycles. The van der Waals surface area contributed by atoms with Gasteiger partial charge in [0.2, 0.25) is 5.91 Å². The van der Waals surface area contributed by atoms with Gasteiger partial charge >= 0.3 is 0 Å². The molecule has 0 saturated carbocycles. The van der Waals surface area contributed by atoms with Gasteiger partial charge in [-0.05, 0) is 41.5 Å². The molecule has 1 aliphatic heterocycles. The van der Waals surface area contributed by atoms with E-state index in [-0.39, 0.29) is 11.9 Å². The lowest BCUT2D eigenvalue weighted by Gasteiger charge is -2.36. The standard InChI is InChI=1S/C19H24N2OS/c1-14(2)12-20-13-18(22)21-10-8-17-16(9-11-23-17)19(21)15-6-4-3-5-7-15/h3-7,9,11,14,19-20H,8,10,12-13H2,1-2H3. The molecule has 0 fully saturated rings. The van der Waals surface area contributed by atoms with Gasteiger partial charge in [0.15, 0.2) is 0 Å². The molecule has 0 aliphatic carbocycles. The number of benzene rings is 1. The Hall–Kier alpha value is -1.65. The Kier molecular flexibility index (Phi) is 5.13. The Morgan fingerprint density at radius 1 is 1.30 bits per heavy atom. The number of thiophene rings is 1. The quantitative estimate of drug-likeness (QED) is 0.911. The lowest BCUT2D eigenvalue weighted by molar-refractivity contribution is -0.132. The van der Waals surface area contributed by atoms with Crippen LogP contribution >= 0.6 is 11.3 Å². The van der Waals surface area contributed by atoms with E-state index in [1.807, 2.05) is 11.0 Å². The second-order valence-electron chi connectivity index (χ2n) is 6.47. The van der Waals surface area contributed by atoms with Crippen molar-refractivity contribution in [1.29, 1.82) is 0 Å². The summed E-state index contributed by atoms with van der Waals surface area (Å²) in [6.45, 7) is 6.40. The molecule has 1 amide bonds. The summed E-state index contributed by atoms with van der Waals surface area (Å²) in [6.07, 6.45) is 0.965. The van der Waals surface area contributed by atoms with Crippen LogP contribution in [0.2, 0.25) is 0 Å². The summed E-state index contributed by atoms with van der Waals surface area (Å²) in [6, 6.07) is 12.6. The molecule has 0 bridgehead atoms. The molecule has 1 aromatic carbocycles. The van der Waals surface area contributed by atoms with Crippen molar-refractivity contribution in [2.45, 2.75) is 26.3 Å². The van der Waals surface area contributed by atoms with Crippen molar-refractivity contribution in [3.63, 3.8) is 0 Å². The number of nitrogens with one attached hydrogen (secondary N) is 1. The molecule has 4 heteroatoms. The smallest absolute Gasteiger partial charge is 0.237 e. The number of amides is 1. The molecule has 2 heterocycles. The summed E-state index contributed by atoms with van der Waals surface area (Å²) in [5.41, 5.74) is 2.49. The van der Waals surface area contributed by atoms with Crippen molar-refractivity contribution < 1.29 is 4.79 Å². The molecule has 3 nitrogen and oxygen atoms in total. The van der Waals surface area contributed by atoms with E-state index >= 15 is 0 Å². The minimum Gasteiger partial charge on any atom is -0.330 e. The molecule has 1 atom stereocenters. The van der Waals surface area contributed by atoms with E-state index in [1.165, 1.54) is 16.0 Å². The summed E-state index contributed by atoms with van der Waals surface area (Å²) in [5.74, 6) is 0.744. The third kappa shape index (κ3) is 3.65. The number of hydrogen-bond acceptors (Lipinski definition) is 3. The predicted molar refractivity (Wildman–Crippen MR) is 95.7 cm³/mol. The third-order valence-corrected chi connectivity index (χ3v) is 5.23. The van der Waals surface area contributed by atoms with E-state index in [0.717, 1.165) is 19.5 Å². The molecule has 23 heavy (non-hydrogen) atoms. The number of carbonyl (C=O) groups is 1. The van der Waals surface area contributed by atoms with Crippen LogP contribution in [0.1, 0.15) is 35.9 Å². The highest BCUT2D eigenvalue weighted by molar-refractivity contribution is 7.10. The first kappa shape index (κ1) is 16.2. The molecule has 0 spiro atoms. The van der Waals surface area contributed by atoms with Crippen LogP contribution in [0.5, 0.6) is 0 Å². The van der Waals surface area contributed by atoms with Crippen molar-refractivity contribution in [1.82, 2.24) is 10.2 Å². The number of rotatable bonds is 5. The van der Waals surface area contributed by atoms with Gasteiger partial charge in [0.25, 0.3) is 0 Å². The number of fused-ring (bicyclic) bond motifs is 1. The van der Waals surface area contributed by atoms with Crippen LogP contribution in [0.25, 0.3) is 0 Å². The van der Waals surface area contributed by atoms with Gasteiger partial charge in [0, 0.05) is 11.4 Å². The van der Waals surface area contributed by atoms with E-state index in [2.05, 4.69) is 54.9 Å². The fraction of sp³-hybridized carbons (Fsp3) is 0.421. The minimum atomic E-state index is 0.0551. The minimum absolute atomic E-state index is 0.0551. The maximum absolute atomic E-state index is 12.8. The van der Waals surface area contributed by atoms with Crippen molar-refractivity contribution in [3.8, 4) is 0 Å². The van der Waals surface area contributed by atoms with Gasteiger partial charge in [-0.1, -0.05) is 44.2 Å². The Labute approximate surface area is 142 Å². The zero-order valence-electron chi connectivity index (χ0n) is 13.8.